The Labute approximate surface area is 149 Å². The summed E-state index contributed by atoms with van der Waals surface area (Å²) in [6.45, 7) is 4.00. The summed E-state index contributed by atoms with van der Waals surface area (Å²) in [5.74, 6) is 0.461. The first-order valence-corrected chi connectivity index (χ1v) is 8.41. The molecule has 0 unspecified atom stereocenters. The third-order valence-electron chi connectivity index (χ3n) is 3.91. The molecule has 0 amide bonds. The topological polar surface area (TPSA) is 77.6 Å². The van der Waals surface area contributed by atoms with Crippen LogP contribution >= 0.6 is 0 Å². The molecule has 0 bridgehead atoms. The van der Waals surface area contributed by atoms with Crippen molar-refractivity contribution in [3.05, 3.63) is 71.0 Å². The molecule has 0 aliphatic carbocycles. The number of para-hydroxylation sites is 2. The second kappa shape index (κ2) is 6.44. The van der Waals surface area contributed by atoms with Gasteiger partial charge in [0.25, 0.3) is 5.56 Å². The van der Waals surface area contributed by atoms with Gasteiger partial charge in [0.05, 0.1) is 11.4 Å². The number of rotatable bonds is 4. The van der Waals surface area contributed by atoms with E-state index in [2.05, 4.69) is 20.6 Å². The lowest BCUT2D eigenvalue weighted by molar-refractivity contribution is 0.813. The van der Waals surface area contributed by atoms with E-state index in [0.717, 1.165) is 11.4 Å². The largest absolute Gasteiger partial charge is 0.353 e. The molecule has 2 aromatic heterocycles. The molecule has 7 heteroatoms. The molecular formula is C19H18N6O. The van der Waals surface area contributed by atoms with Crippen molar-refractivity contribution in [2.24, 2.45) is 0 Å². The van der Waals surface area contributed by atoms with E-state index in [1.807, 2.05) is 74.5 Å². The molecule has 0 atom stereocenters. The summed E-state index contributed by atoms with van der Waals surface area (Å²) in [6, 6.07) is 19.0. The highest BCUT2D eigenvalue weighted by Gasteiger charge is 2.18. The zero-order valence-corrected chi connectivity index (χ0v) is 14.5. The summed E-state index contributed by atoms with van der Waals surface area (Å²) in [5.41, 5.74) is 1.93. The minimum Gasteiger partial charge on any atom is -0.353 e. The highest BCUT2D eigenvalue weighted by molar-refractivity contribution is 5.73. The van der Waals surface area contributed by atoms with Gasteiger partial charge in [-0.25, -0.2) is 4.57 Å². The van der Waals surface area contributed by atoms with Gasteiger partial charge in [-0.3, -0.25) is 4.79 Å². The van der Waals surface area contributed by atoms with E-state index in [1.54, 1.807) is 4.68 Å². The second-order valence-electron chi connectivity index (χ2n) is 6.22. The molecule has 0 spiro atoms. The highest BCUT2D eigenvalue weighted by atomic mass is 16.1. The van der Waals surface area contributed by atoms with Crippen molar-refractivity contribution >= 4 is 17.1 Å². The van der Waals surface area contributed by atoms with Crippen LogP contribution in [0.4, 0.5) is 5.95 Å². The first-order valence-electron chi connectivity index (χ1n) is 8.41. The molecule has 4 aromatic rings. The normalized spacial score (nSPS) is 11.2. The molecule has 7 nitrogen and oxygen atoms in total. The van der Waals surface area contributed by atoms with Crippen LogP contribution in [0.5, 0.6) is 0 Å². The van der Waals surface area contributed by atoms with Gasteiger partial charge in [0.1, 0.15) is 0 Å². The lowest BCUT2D eigenvalue weighted by Crippen LogP contribution is -2.26. The zero-order chi connectivity index (χ0) is 18.1. The monoisotopic (exact) mass is 346 g/mol. The molecule has 1 N–H and O–H groups in total. The Morgan fingerprint density at radius 1 is 0.923 bits per heavy atom. The van der Waals surface area contributed by atoms with E-state index in [9.17, 15) is 4.79 Å². The molecule has 0 aliphatic heterocycles. The molecule has 0 saturated heterocycles. The number of hydrogen-bond donors (Lipinski definition) is 1. The fourth-order valence-electron chi connectivity index (χ4n) is 2.78. The first-order chi connectivity index (χ1) is 12.6. The molecule has 2 aromatic carbocycles. The maximum Gasteiger partial charge on any atom is 0.289 e. The predicted octanol–water partition coefficient (Wildman–Crippen LogP) is 2.79. The number of fused-ring (bicyclic) bond motifs is 1. The first kappa shape index (κ1) is 16.0. The maximum absolute atomic E-state index is 13.1. The van der Waals surface area contributed by atoms with Crippen LogP contribution in [-0.4, -0.2) is 30.6 Å². The fourth-order valence-corrected chi connectivity index (χ4v) is 2.78. The lowest BCUT2D eigenvalue weighted by atomic mass is 10.3. The van der Waals surface area contributed by atoms with Crippen LogP contribution in [0.3, 0.4) is 0 Å². The van der Waals surface area contributed by atoms with E-state index in [-0.39, 0.29) is 17.1 Å². The van der Waals surface area contributed by atoms with Gasteiger partial charge in [-0.1, -0.05) is 41.6 Å². The fraction of sp³-hybridized carbons (Fsp3) is 0.158. The van der Waals surface area contributed by atoms with Crippen LogP contribution in [0.15, 0.2) is 65.5 Å². The Balaban J connectivity index is 2.01. The van der Waals surface area contributed by atoms with Crippen LogP contribution in [0.1, 0.15) is 13.8 Å². The molecule has 26 heavy (non-hydrogen) atoms. The van der Waals surface area contributed by atoms with E-state index in [0.29, 0.717) is 11.6 Å². The molecule has 4 rings (SSSR count). The molecular weight excluding hydrogens is 328 g/mol. The number of hydrogen-bond acceptors (Lipinski definition) is 5. The summed E-state index contributed by atoms with van der Waals surface area (Å²) in [7, 11) is 0. The van der Waals surface area contributed by atoms with Crippen molar-refractivity contribution in [1.82, 2.24) is 24.5 Å². The standard InChI is InChI=1S/C19H18N6O/c1-13(2)20-19-21-17-16(18(26)24(19)14-9-5-3-6-10-14)22-23-25(17)15-11-7-4-8-12-15/h3-13H,1-2H3,(H,20,21). The number of nitrogens with one attached hydrogen (secondary N) is 1. The molecule has 0 radical (unpaired) electrons. The lowest BCUT2D eigenvalue weighted by Gasteiger charge is -2.15. The van der Waals surface area contributed by atoms with Crippen LogP contribution in [0, 0.1) is 0 Å². The Hall–Kier alpha value is -3.48. The summed E-state index contributed by atoms with van der Waals surface area (Å²) in [6.07, 6.45) is 0. The van der Waals surface area contributed by atoms with Gasteiger partial charge in [0, 0.05) is 6.04 Å². The highest BCUT2D eigenvalue weighted by Crippen LogP contribution is 2.18. The Morgan fingerprint density at radius 2 is 1.54 bits per heavy atom. The van der Waals surface area contributed by atoms with Gasteiger partial charge in [-0.2, -0.15) is 9.67 Å². The zero-order valence-electron chi connectivity index (χ0n) is 14.5. The van der Waals surface area contributed by atoms with Crippen molar-refractivity contribution in [2.75, 3.05) is 5.32 Å². The van der Waals surface area contributed by atoms with E-state index < -0.39 is 0 Å². The van der Waals surface area contributed by atoms with E-state index in [1.165, 1.54) is 4.57 Å². The number of nitrogens with zero attached hydrogens (tertiary/aromatic N) is 5. The average Bonchev–Trinajstić information content (AvgIpc) is 3.07. The Kier molecular flexibility index (Phi) is 3.96. The number of aromatic nitrogens is 5. The predicted molar refractivity (Wildman–Crippen MR) is 101 cm³/mol. The van der Waals surface area contributed by atoms with Crippen LogP contribution in [-0.2, 0) is 0 Å². The van der Waals surface area contributed by atoms with Crippen LogP contribution < -0.4 is 10.9 Å². The van der Waals surface area contributed by atoms with Crippen LogP contribution in [0.2, 0.25) is 0 Å². The summed E-state index contributed by atoms with van der Waals surface area (Å²) < 4.78 is 3.12. The Morgan fingerprint density at radius 3 is 2.15 bits per heavy atom. The van der Waals surface area contributed by atoms with Gasteiger partial charge < -0.3 is 5.32 Å². The second-order valence-corrected chi connectivity index (χ2v) is 6.22. The summed E-state index contributed by atoms with van der Waals surface area (Å²) >= 11 is 0. The average molecular weight is 346 g/mol. The quantitative estimate of drug-likeness (QED) is 0.615. The van der Waals surface area contributed by atoms with Gasteiger partial charge in [-0.15, -0.1) is 5.10 Å². The minimum atomic E-state index is -0.258. The third-order valence-corrected chi connectivity index (χ3v) is 3.91. The van der Waals surface area contributed by atoms with Crippen molar-refractivity contribution in [3.63, 3.8) is 0 Å². The summed E-state index contributed by atoms with van der Waals surface area (Å²) in [5, 5.41) is 11.5. The van der Waals surface area contributed by atoms with Crippen molar-refractivity contribution in [3.8, 4) is 11.4 Å². The maximum atomic E-state index is 13.1. The van der Waals surface area contributed by atoms with E-state index in [4.69, 9.17) is 0 Å². The SMILES string of the molecule is CC(C)Nc1nc2c(nnn2-c2ccccc2)c(=O)n1-c1ccccc1. The van der Waals surface area contributed by atoms with Crippen LogP contribution in [0.25, 0.3) is 22.5 Å². The van der Waals surface area contributed by atoms with Crippen molar-refractivity contribution < 1.29 is 0 Å². The molecule has 0 fully saturated rings. The minimum absolute atomic E-state index is 0.107. The third kappa shape index (κ3) is 2.73. The van der Waals surface area contributed by atoms with Gasteiger partial charge in [-0.05, 0) is 38.1 Å². The number of benzene rings is 2. The molecule has 0 aliphatic rings. The van der Waals surface area contributed by atoms with Crippen molar-refractivity contribution in [2.45, 2.75) is 19.9 Å². The van der Waals surface area contributed by atoms with E-state index >= 15 is 0 Å². The van der Waals surface area contributed by atoms with Gasteiger partial charge in [0.2, 0.25) is 5.95 Å². The molecule has 2 heterocycles. The van der Waals surface area contributed by atoms with Gasteiger partial charge in [0.15, 0.2) is 11.2 Å². The number of anilines is 1. The Bertz CT molecular complexity index is 1100. The summed E-state index contributed by atoms with van der Waals surface area (Å²) in [4.78, 5) is 17.8. The van der Waals surface area contributed by atoms with Crippen molar-refractivity contribution in [1.29, 1.82) is 0 Å². The smallest absolute Gasteiger partial charge is 0.289 e. The molecule has 0 saturated carbocycles. The van der Waals surface area contributed by atoms with Gasteiger partial charge >= 0.3 is 0 Å². The molecule has 130 valence electrons.